The largest absolute Gasteiger partial charge is 0.495 e. The van der Waals surface area contributed by atoms with Crippen LogP contribution in [0, 0.1) is 5.41 Å². The zero-order valence-electron chi connectivity index (χ0n) is 17.3. The van der Waals surface area contributed by atoms with E-state index in [1.807, 2.05) is 0 Å². The van der Waals surface area contributed by atoms with Gasteiger partial charge in [-0.25, -0.2) is 4.79 Å². The number of benzene rings is 1. The van der Waals surface area contributed by atoms with Crippen molar-refractivity contribution in [1.82, 2.24) is 4.90 Å². The third-order valence-electron chi connectivity index (χ3n) is 7.18. The maximum Gasteiger partial charge on any atom is 0.407 e. The Morgan fingerprint density at radius 3 is 2.29 bits per heavy atom. The van der Waals surface area contributed by atoms with E-state index in [4.69, 9.17) is 4.74 Å². The summed E-state index contributed by atoms with van der Waals surface area (Å²) in [5.41, 5.74) is 3.13. The number of piperazine rings is 1. The van der Waals surface area contributed by atoms with Crippen LogP contribution >= 0.6 is 15.9 Å². The number of nitrogens with zero attached hydrogens (tertiary/aromatic N) is 2. The molecule has 1 aromatic carbocycles. The highest BCUT2D eigenvalue weighted by atomic mass is 79.9. The van der Waals surface area contributed by atoms with Gasteiger partial charge >= 0.3 is 6.09 Å². The molecular weight excluding hydrogens is 420 g/mol. The first-order valence-electron chi connectivity index (χ1n) is 10.5. The van der Waals surface area contributed by atoms with Crippen molar-refractivity contribution < 1.29 is 14.6 Å². The molecule has 1 N–H and O–H groups in total. The Morgan fingerprint density at radius 1 is 1.18 bits per heavy atom. The summed E-state index contributed by atoms with van der Waals surface area (Å²) in [4.78, 5) is 15.1. The van der Waals surface area contributed by atoms with Crippen molar-refractivity contribution in [2.75, 3.05) is 38.2 Å². The van der Waals surface area contributed by atoms with Crippen molar-refractivity contribution in [3.8, 4) is 5.75 Å². The van der Waals surface area contributed by atoms with E-state index >= 15 is 0 Å². The summed E-state index contributed by atoms with van der Waals surface area (Å²) >= 11 is 3.68. The average molecular weight is 453 g/mol. The van der Waals surface area contributed by atoms with Gasteiger partial charge in [0, 0.05) is 37.9 Å². The summed E-state index contributed by atoms with van der Waals surface area (Å²) < 4.78 is 6.57. The van der Waals surface area contributed by atoms with Gasteiger partial charge in [-0.2, -0.15) is 0 Å². The highest BCUT2D eigenvalue weighted by molar-refractivity contribution is 9.10. The first-order valence-corrected chi connectivity index (χ1v) is 11.3. The quantitative estimate of drug-likeness (QED) is 0.620. The third kappa shape index (κ3) is 4.27. The van der Waals surface area contributed by atoms with Crippen molar-refractivity contribution in [2.24, 2.45) is 5.41 Å². The van der Waals surface area contributed by atoms with Gasteiger partial charge in [-0.3, -0.25) is 0 Å². The number of ether oxygens (including phenoxy) is 1. The minimum atomic E-state index is -0.823. The maximum absolute atomic E-state index is 11.3. The van der Waals surface area contributed by atoms with E-state index in [1.54, 1.807) is 7.11 Å². The van der Waals surface area contributed by atoms with Crippen LogP contribution in [0.4, 0.5) is 10.5 Å². The van der Waals surface area contributed by atoms with Gasteiger partial charge in [-0.15, -0.1) is 0 Å². The standard InChI is InChI=1S/C22H33BrN2O3/c1-4-22(5-2)8-6-16(7-9-22)17-14-18(23)20(28-3)15-19(17)24-10-12-25(13-11-24)21(26)27/h14-16H,4-13H2,1-3H3,(H,26,27). The van der Waals surface area contributed by atoms with Gasteiger partial charge < -0.3 is 19.6 Å². The predicted octanol–water partition coefficient (Wildman–Crippen LogP) is 5.72. The summed E-state index contributed by atoms with van der Waals surface area (Å²) in [7, 11) is 1.70. The molecule has 1 aliphatic heterocycles. The lowest BCUT2D eigenvalue weighted by atomic mass is 9.66. The SMILES string of the molecule is CCC1(CC)CCC(c2cc(Br)c(OC)cc2N2CCN(C(=O)O)CC2)CC1. The minimum absolute atomic E-state index is 0.521. The van der Waals surface area contributed by atoms with Crippen molar-refractivity contribution in [3.63, 3.8) is 0 Å². The van der Waals surface area contributed by atoms with Crippen LogP contribution in [0.3, 0.4) is 0 Å². The summed E-state index contributed by atoms with van der Waals surface area (Å²) in [6, 6.07) is 4.38. The normalized spacial score (nSPS) is 20.3. The van der Waals surface area contributed by atoms with Gasteiger partial charge in [-0.1, -0.05) is 26.7 Å². The Bertz CT molecular complexity index is 687. The third-order valence-corrected chi connectivity index (χ3v) is 7.80. The number of carbonyl (C=O) groups is 1. The zero-order valence-corrected chi connectivity index (χ0v) is 18.9. The van der Waals surface area contributed by atoms with Crippen LogP contribution in [0.1, 0.15) is 63.9 Å². The number of anilines is 1. The van der Waals surface area contributed by atoms with E-state index in [1.165, 1.54) is 54.7 Å². The van der Waals surface area contributed by atoms with Gasteiger partial charge in [0.1, 0.15) is 5.75 Å². The number of carboxylic acid groups (broad SMARTS) is 1. The molecule has 156 valence electrons. The van der Waals surface area contributed by atoms with Gasteiger partial charge in [0.25, 0.3) is 0 Å². The van der Waals surface area contributed by atoms with Crippen LogP contribution in [-0.4, -0.2) is 49.4 Å². The Labute approximate surface area is 177 Å². The molecule has 28 heavy (non-hydrogen) atoms. The van der Waals surface area contributed by atoms with E-state index < -0.39 is 6.09 Å². The van der Waals surface area contributed by atoms with Gasteiger partial charge in [0.15, 0.2) is 0 Å². The van der Waals surface area contributed by atoms with Gasteiger partial charge in [0.05, 0.1) is 11.6 Å². The molecule has 5 nitrogen and oxygen atoms in total. The molecule has 6 heteroatoms. The molecule has 1 heterocycles. The number of hydrogen-bond acceptors (Lipinski definition) is 3. The van der Waals surface area contributed by atoms with E-state index in [2.05, 4.69) is 46.8 Å². The molecule has 1 aromatic rings. The highest BCUT2D eigenvalue weighted by Gasteiger charge is 2.34. The molecule has 0 atom stereocenters. The average Bonchev–Trinajstić information content (AvgIpc) is 2.73. The fourth-order valence-electron chi connectivity index (χ4n) is 4.95. The Balaban J connectivity index is 1.85. The number of rotatable bonds is 5. The Hall–Kier alpha value is -1.43. The second-order valence-electron chi connectivity index (χ2n) is 8.28. The van der Waals surface area contributed by atoms with Crippen LogP contribution in [0.15, 0.2) is 16.6 Å². The summed E-state index contributed by atoms with van der Waals surface area (Å²) in [6.45, 7) is 7.22. The molecular formula is C22H33BrN2O3. The molecule has 2 fully saturated rings. The fraction of sp³-hybridized carbons (Fsp3) is 0.682. The maximum atomic E-state index is 11.3. The van der Waals surface area contributed by atoms with E-state index in [0.29, 0.717) is 24.4 Å². The Kier molecular flexibility index (Phi) is 6.79. The van der Waals surface area contributed by atoms with Crippen LogP contribution in [0.5, 0.6) is 5.75 Å². The first-order chi connectivity index (χ1) is 13.4. The molecule has 1 saturated heterocycles. The van der Waals surface area contributed by atoms with Gasteiger partial charge in [0.2, 0.25) is 0 Å². The predicted molar refractivity (Wildman–Crippen MR) is 117 cm³/mol. The molecule has 0 spiro atoms. The van der Waals surface area contributed by atoms with Gasteiger partial charge in [-0.05, 0) is 64.6 Å². The topological polar surface area (TPSA) is 53.0 Å². The van der Waals surface area contributed by atoms with E-state index in [0.717, 1.165) is 23.3 Å². The molecule has 1 saturated carbocycles. The molecule has 2 aliphatic rings. The second-order valence-corrected chi connectivity index (χ2v) is 9.14. The molecule has 0 unspecified atom stereocenters. The first kappa shape index (κ1) is 21.3. The van der Waals surface area contributed by atoms with Crippen LogP contribution in [-0.2, 0) is 0 Å². The Morgan fingerprint density at radius 2 is 1.79 bits per heavy atom. The lowest BCUT2D eigenvalue weighted by Crippen LogP contribution is -2.48. The summed E-state index contributed by atoms with van der Waals surface area (Å²) in [6.07, 6.45) is 6.75. The van der Waals surface area contributed by atoms with Crippen LogP contribution < -0.4 is 9.64 Å². The van der Waals surface area contributed by atoms with Crippen LogP contribution in [0.2, 0.25) is 0 Å². The molecule has 3 rings (SSSR count). The monoisotopic (exact) mass is 452 g/mol. The summed E-state index contributed by atoms with van der Waals surface area (Å²) in [5, 5.41) is 9.25. The number of amides is 1. The van der Waals surface area contributed by atoms with E-state index in [9.17, 15) is 9.90 Å². The highest BCUT2D eigenvalue weighted by Crippen LogP contribution is 2.49. The van der Waals surface area contributed by atoms with Crippen molar-refractivity contribution >= 4 is 27.7 Å². The molecule has 0 aromatic heterocycles. The molecule has 1 aliphatic carbocycles. The molecule has 1 amide bonds. The molecule has 0 bridgehead atoms. The summed E-state index contributed by atoms with van der Waals surface area (Å²) in [5.74, 6) is 1.40. The fourth-order valence-corrected chi connectivity index (χ4v) is 5.48. The van der Waals surface area contributed by atoms with Crippen molar-refractivity contribution in [2.45, 2.75) is 58.3 Å². The number of hydrogen-bond donors (Lipinski definition) is 1. The van der Waals surface area contributed by atoms with Crippen molar-refractivity contribution in [3.05, 3.63) is 22.2 Å². The van der Waals surface area contributed by atoms with Crippen LogP contribution in [0.25, 0.3) is 0 Å². The minimum Gasteiger partial charge on any atom is -0.495 e. The second kappa shape index (κ2) is 8.93. The van der Waals surface area contributed by atoms with E-state index in [-0.39, 0.29) is 0 Å². The molecule has 0 radical (unpaired) electrons. The van der Waals surface area contributed by atoms with Crippen molar-refractivity contribution in [1.29, 1.82) is 0 Å². The number of methoxy groups -OCH3 is 1. The lowest BCUT2D eigenvalue weighted by Gasteiger charge is -2.41. The number of halogens is 1. The smallest absolute Gasteiger partial charge is 0.407 e. The lowest BCUT2D eigenvalue weighted by molar-refractivity contribution is 0.142. The zero-order chi connectivity index (χ0) is 20.3.